The third-order valence-corrected chi connectivity index (χ3v) is 6.18. The first-order valence-electron chi connectivity index (χ1n) is 11.5. The van der Waals surface area contributed by atoms with E-state index in [1.807, 2.05) is 42.5 Å². The second-order valence-electron chi connectivity index (χ2n) is 8.35. The van der Waals surface area contributed by atoms with Crippen LogP contribution in [0, 0.1) is 0 Å². The summed E-state index contributed by atoms with van der Waals surface area (Å²) in [6, 6.07) is 15.3. The molecule has 2 aromatic carbocycles. The number of hydrogen-bond donors (Lipinski definition) is 2. The van der Waals surface area contributed by atoms with Crippen LogP contribution >= 0.6 is 0 Å². The van der Waals surface area contributed by atoms with Crippen LogP contribution in [0.2, 0.25) is 0 Å². The number of nitrogens with zero attached hydrogens (tertiary/aromatic N) is 3. The first-order chi connectivity index (χ1) is 17.1. The molecule has 3 N–H and O–H groups in total. The number of benzene rings is 2. The van der Waals surface area contributed by atoms with Crippen molar-refractivity contribution in [1.82, 2.24) is 14.5 Å². The minimum atomic E-state index is -0.561. The average molecular weight is 474 g/mol. The zero-order valence-electron chi connectivity index (χ0n) is 19.4. The van der Waals surface area contributed by atoms with Crippen LogP contribution in [0.25, 0.3) is 22.2 Å². The number of nitrogens with two attached hydrogens (primary N) is 1. The van der Waals surface area contributed by atoms with Gasteiger partial charge in [-0.05, 0) is 36.1 Å². The summed E-state index contributed by atoms with van der Waals surface area (Å²) < 4.78 is 18.6. The molecule has 4 aromatic rings. The molecule has 9 nitrogen and oxygen atoms in total. The third kappa shape index (κ3) is 4.76. The molecule has 5 rings (SSSR count). The van der Waals surface area contributed by atoms with E-state index < -0.39 is 6.09 Å². The van der Waals surface area contributed by atoms with Crippen molar-refractivity contribution in [3.63, 3.8) is 0 Å². The smallest absolute Gasteiger partial charge is 0.412 e. The van der Waals surface area contributed by atoms with Crippen molar-refractivity contribution < 1.29 is 19.0 Å². The van der Waals surface area contributed by atoms with Crippen LogP contribution in [0.1, 0.15) is 24.4 Å². The maximum atomic E-state index is 12.4. The van der Waals surface area contributed by atoms with Gasteiger partial charge in [-0.1, -0.05) is 36.4 Å². The second kappa shape index (κ2) is 10.0. The number of ether oxygens (including phenoxy) is 3. The number of amides is 1. The van der Waals surface area contributed by atoms with E-state index in [0.717, 1.165) is 53.8 Å². The molecule has 35 heavy (non-hydrogen) atoms. The van der Waals surface area contributed by atoms with Crippen LogP contribution in [-0.2, 0) is 16.1 Å². The predicted octanol–water partition coefficient (Wildman–Crippen LogP) is 4.79. The van der Waals surface area contributed by atoms with E-state index in [1.165, 1.54) is 6.33 Å². The lowest BCUT2D eigenvalue weighted by Crippen LogP contribution is -2.19. The van der Waals surface area contributed by atoms with E-state index >= 15 is 0 Å². The molecule has 1 fully saturated rings. The fourth-order valence-corrected chi connectivity index (χ4v) is 4.40. The van der Waals surface area contributed by atoms with Crippen molar-refractivity contribution >= 4 is 28.6 Å². The highest BCUT2D eigenvalue weighted by Gasteiger charge is 2.23. The van der Waals surface area contributed by atoms with Crippen LogP contribution in [0.4, 0.5) is 16.3 Å². The summed E-state index contributed by atoms with van der Waals surface area (Å²) in [6.45, 7) is 1.61. The second-order valence-corrected chi connectivity index (χ2v) is 8.35. The number of nitrogen functional groups attached to an aromatic ring is 1. The zero-order valence-corrected chi connectivity index (χ0v) is 19.4. The van der Waals surface area contributed by atoms with Gasteiger partial charge in [0, 0.05) is 31.0 Å². The summed E-state index contributed by atoms with van der Waals surface area (Å²) in [4.78, 5) is 21.1. The number of carbonyl (C=O) groups excluding carboxylic acids is 1. The lowest BCUT2D eigenvalue weighted by molar-refractivity contribution is 0.0706. The summed E-state index contributed by atoms with van der Waals surface area (Å²) in [5, 5.41) is 3.56. The van der Waals surface area contributed by atoms with Gasteiger partial charge in [-0.2, -0.15) is 0 Å². The Kier molecular flexibility index (Phi) is 6.49. The number of rotatable bonds is 6. The number of anilines is 2. The molecule has 0 aliphatic carbocycles. The van der Waals surface area contributed by atoms with Gasteiger partial charge >= 0.3 is 6.09 Å². The molecule has 1 saturated heterocycles. The number of methoxy groups -OCH3 is 1. The van der Waals surface area contributed by atoms with Crippen LogP contribution in [-0.4, -0.2) is 41.0 Å². The maximum absolute atomic E-state index is 12.4. The Hall–Kier alpha value is -4.11. The molecule has 9 heteroatoms. The monoisotopic (exact) mass is 473 g/mol. The Morgan fingerprint density at radius 3 is 2.74 bits per heavy atom. The van der Waals surface area contributed by atoms with Crippen LogP contribution in [0.3, 0.4) is 0 Å². The normalized spacial score (nSPS) is 14.1. The van der Waals surface area contributed by atoms with Crippen molar-refractivity contribution in [3.8, 4) is 16.9 Å². The van der Waals surface area contributed by atoms with E-state index in [2.05, 4.69) is 26.0 Å². The summed E-state index contributed by atoms with van der Waals surface area (Å²) >= 11 is 0. The Morgan fingerprint density at radius 2 is 1.97 bits per heavy atom. The highest BCUT2D eigenvalue weighted by Crippen LogP contribution is 2.39. The molecule has 1 aliphatic heterocycles. The molecule has 0 atom stereocenters. The number of aromatic nitrogens is 3. The Balaban J connectivity index is 1.42. The highest BCUT2D eigenvalue weighted by molar-refractivity contribution is 6.01. The molecule has 0 unspecified atom stereocenters. The number of carbonyl (C=O) groups is 1. The predicted molar refractivity (Wildman–Crippen MR) is 133 cm³/mol. The van der Waals surface area contributed by atoms with Crippen molar-refractivity contribution in [3.05, 3.63) is 66.6 Å². The quantitative estimate of drug-likeness (QED) is 0.414. The van der Waals surface area contributed by atoms with E-state index in [-0.39, 0.29) is 12.6 Å². The molecular formula is C26H27N5O4. The van der Waals surface area contributed by atoms with Gasteiger partial charge in [0.15, 0.2) is 0 Å². The van der Waals surface area contributed by atoms with Gasteiger partial charge in [-0.25, -0.2) is 14.8 Å². The van der Waals surface area contributed by atoms with Gasteiger partial charge in [0.1, 0.15) is 30.1 Å². The average Bonchev–Trinajstić information content (AvgIpc) is 3.30. The van der Waals surface area contributed by atoms with Gasteiger partial charge in [-0.3, -0.25) is 5.32 Å². The molecule has 1 amide bonds. The molecule has 0 saturated carbocycles. The fourth-order valence-electron chi connectivity index (χ4n) is 4.40. The van der Waals surface area contributed by atoms with Crippen molar-refractivity contribution in [2.24, 2.45) is 0 Å². The van der Waals surface area contributed by atoms with Gasteiger partial charge in [0.25, 0.3) is 0 Å². The molecule has 0 spiro atoms. The van der Waals surface area contributed by atoms with Crippen molar-refractivity contribution in [2.75, 3.05) is 31.4 Å². The Morgan fingerprint density at radius 1 is 1.17 bits per heavy atom. The molecule has 180 valence electrons. The molecule has 2 aromatic heterocycles. The van der Waals surface area contributed by atoms with Crippen molar-refractivity contribution in [2.45, 2.75) is 25.5 Å². The largest absolute Gasteiger partial charge is 0.495 e. The topological polar surface area (TPSA) is 114 Å². The summed E-state index contributed by atoms with van der Waals surface area (Å²) in [6.07, 6.45) is 4.82. The van der Waals surface area contributed by atoms with Gasteiger partial charge in [0.2, 0.25) is 0 Å². The van der Waals surface area contributed by atoms with E-state index in [9.17, 15) is 4.79 Å². The number of hydrogen-bond acceptors (Lipinski definition) is 7. The zero-order chi connectivity index (χ0) is 24.2. The van der Waals surface area contributed by atoms with Crippen molar-refractivity contribution in [1.29, 1.82) is 0 Å². The maximum Gasteiger partial charge on any atom is 0.412 e. The SMILES string of the molecule is COc1cc(-c2cn(C3CCOCC3)c3ncnc(N)c23)ccc1NC(=O)OCc1ccccc1. The Labute approximate surface area is 202 Å². The van der Waals surface area contributed by atoms with E-state index in [1.54, 1.807) is 13.2 Å². The lowest BCUT2D eigenvalue weighted by atomic mass is 10.0. The summed E-state index contributed by atoms with van der Waals surface area (Å²) in [7, 11) is 1.56. The van der Waals surface area contributed by atoms with Gasteiger partial charge in [-0.15, -0.1) is 0 Å². The van der Waals surface area contributed by atoms with E-state index in [4.69, 9.17) is 19.9 Å². The standard InChI is InChI=1S/C26H27N5O4/c1-33-22-13-18(7-8-21(22)30-26(32)35-15-17-5-3-2-4-6-17)20-14-31(19-9-11-34-12-10-19)25-23(20)24(27)28-16-29-25/h2-8,13-14,16,19H,9-12,15H2,1H3,(H,30,32)(H2,27,28,29). The number of nitrogens with one attached hydrogen (secondary N) is 1. The Bertz CT molecular complexity index is 1330. The molecule has 0 bridgehead atoms. The summed E-state index contributed by atoms with van der Waals surface area (Å²) in [5.74, 6) is 0.919. The minimum Gasteiger partial charge on any atom is -0.495 e. The summed E-state index contributed by atoms with van der Waals surface area (Å²) in [5.41, 5.74) is 10.3. The number of fused-ring (bicyclic) bond motifs is 1. The van der Waals surface area contributed by atoms with Gasteiger partial charge < -0.3 is 24.5 Å². The molecular weight excluding hydrogens is 446 g/mol. The van der Waals surface area contributed by atoms with E-state index in [0.29, 0.717) is 17.3 Å². The van der Waals surface area contributed by atoms with Crippen LogP contribution in [0.15, 0.2) is 61.1 Å². The molecule has 1 aliphatic rings. The molecule has 0 radical (unpaired) electrons. The third-order valence-electron chi connectivity index (χ3n) is 6.18. The highest BCUT2D eigenvalue weighted by atomic mass is 16.5. The first-order valence-corrected chi connectivity index (χ1v) is 11.5. The van der Waals surface area contributed by atoms with Crippen LogP contribution in [0.5, 0.6) is 5.75 Å². The molecule has 3 heterocycles. The van der Waals surface area contributed by atoms with Crippen LogP contribution < -0.4 is 15.8 Å². The lowest BCUT2D eigenvalue weighted by Gasteiger charge is -2.24. The minimum absolute atomic E-state index is 0.179. The first kappa shape index (κ1) is 22.7. The fraction of sp³-hybridized carbons (Fsp3) is 0.269. The van der Waals surface area contributed by atoms with Gasteiger partial charge in [0.05, 0.1) is 18.2 Å².